The van der Waals surface area contributed by atoms with Gasteiger partial charge in [-0.05, 0) is 30.1 Å². The maximum Gasteiger partial charge on any atom is 0.408 e. The van der Waals surface area contributed by atoms with E-state index in [0.717, 1.165) is 43.2 Å². The standard InChI is InChI=1S/C35H50N2O13/c1-9-26(38)45-19-34(20-46-27(39)10-2,21-47-28(40)11-3)18-44-22-35(23-48-29(41)12-4,24-49-30(42)13-5)50-31(43)37-17-33(8)15-25(36)14-32(6,7)16-33/h9-13,25H,1-5,14-24,36H2,6-8H3,(H,37,43). The topological polar surface area (TPSA) is 205 Å². The maximum atomic E-state index is 13.4. The average molecular weight is 707 g/mol. The number of carbonyl (C=O) groups excluding carboxylic acids is 6. The number of nitrogens with two attached hydrogens (primary N) is 1. The van der Waals surface area contributed by atoms with Crippen molar-refractivity contribution in [3.8, 4) is 0 Å². The van der Waals surface area contributed by atoms with Gasteiger partial charge in [0.05, 0.1) is 18.6 Å². The van der Waals surface area contributed by atoms with Gasteiger partial charge in [0.1, 0.15) is 33.0 Å². The maximum absolute atomic E-state index is 13.4. The van der Waals surface area contributed by atoms with E-state index in [-0.39, 0.29) is 23.4 Å². The van der Waals surface area contributed by atoms with Crippen LogP contribution in [0, 0.1) is 16.2 Å². The van der Waals surface area contributed by atoms with Crippen molar-refractivity contribution in [2.24, 2.45) is 22.0 Å². The van der Waals surface area contributed by atoms with E-state index < -0.39 is 93.2 Å². The van der Waals surface area contributed by atoms with Gasteiger partial charge in [-0.25, -0.2) is 28.8 Å². The third kappa shape index (κ3) is 15.6. The molecule has 50 heavy (non-hydrogen) atoms. The number of amides is 1. The summed E-state index contributed by atoms with van der Waals surface area (Å²) in [5, 5.41) is 2.74. The highest BCUT2D eigenvalue weighted by Crippen LogP contribution is 2.45. The van der Waals surface area contributed by atoms with Crippen LogP contribution in [0.15, 0.2) is 63.3 Å². The predicted molar refractivity (Wildman–Crippen MR) is 180 cm³/mol. The lowest BCUT2D eigenvalue weighted by atomic mass is 9.63. The number of rotatable bonds is 22. The highest BCUT2D eigenvalue weighted by atomic mass is 16.6. The second-order valence-electron chi connectivity index (χ2n) is 13.3. The molecule has 15 heteroatoms. The molecule has 1 fully saturated rings. The molecule has 0 radical (unpaired) electrons. The lowest BCUT2D eigenvalue weighted by molar-refractivity contribution is -0.175. The molecule has 0 saturated heterocycles. The minimum Gasteiger partial charge on any atom is -0.462 e. The summed E-state index contributed by atoms with van der Waals surface area (Å²) >= 11 is 0. The van der Waals surface area contributed by atoms with Crippen LogP contribution in [0.3, 0.4) is 0 Å². The van der Waals surface area contributed by atoms with Gasteiger partial charge in [0.2, 0.25) is 5.60 Å². The Bertz CT molecular complexity index is 1210. The Morgan fingerprint density at radius 1 is 0.660 bits per heavy atom. The first-order valence-electron chi connectivity index (χ1n) is 15.7. The van der Waals surface area contributed by atoms with Gasteiger partial charge in [0, 0.05) is 43.0 Å². The van der Waals surface area contributed by atoms with Crippen LogP contribution in [-0.4, -0.2) is 100 Å². The smallest absolute Gasteiger partial charge is 0.408 e. The summed E-state index contributed by atoms with van der Waals surface area (Å²) in [6.07, 6.45) is 5.68. The van der Waals surface area contributed by atoms with Crippen molar-refractivity contribution in [2.45, 2.75) is 51.7 Å². The van der Waals surface area contributed by atoms with Gasteiger partial charge in [0.25, 0.3) is 0 Å². The van der Waals surface area contributed by atoms with Crippen LogP contribution in [-0.2, 0) is 57.1 Å². The molecule has 0 aromatic heterocycles. The lowest BCUT2D eigenvalue weighted by Crippen LogP contribution is -2.53. The van der Waals surface area contributed by atoms with Gasteiger partial charge in [0.15, 0.2) is 0 Å². The molecule has 1 saturated carbocycles. The molecule has 15 nitrogen and oxygen atoms in total. The van der Waals surface area contributed by atoms with Crippen LogP contribution in [0.2, 0.25) is 0 Å². The summed E-state index contributed by atoms with van der Waals surface area (Å²) in [4.78, 5) is 73.6. The second-order valence-corrected chi connectivity index (χ2v) is 13.3. The molecular formula is C35H50N2O13. The molecule has 0 bridgehead atoms. The van der Waals surface area contributed by atoms with Crippen molar-refractivity contribution in [2.75, 3.05) is 52.8 Å². The number of carbonyl (C=O) groups is 6. The van der Waals surface area contributed by atoms with Crippen molar-refractivity contribution in [3.63, 3.8) is 0 Å². The monoisotopic (exact) mass is 706 g/mol. The minimum absolute atomic E-state index is 0.0696. The molecule has 278 valence electrons. The molecule has 3 N–H and O–H groups in total. The van der Waals surface area contributed by atoms with Crippen molar-refractivity contribution in [3.05, 3.63) is 63.3 Å². The third-order valence-electron chi connectivity index (χ3n) is 7.57. The van der Waals surface area contributed by atoms with Gasteiger partial charge in [-0.1, -0.05) is 53.7 Å². The number of nitrogens with one attached hydrogen (secondary N) is 1. The molecule has 1 amide bonds. The van der Waals surface area contributed by atoms with Crippen LogP contribution in [0.5, 0.6) is 0 Å². The predicted octanol–water partition coefficient (Wildman–Crippen LogP) is 2.64. The van der Waals surface area contributed by atoms with Gasteiger partial charge in [-0.2, -0.15) is 0 Å². The van der Waals surface area contributed by atoms with E-state index in [9.17, 15) is 28.8 Å². The SMILES string of the molecule is C=CC(=O)OCC(COCC(COC(=O)C=C)(COC(=O)C=C)OC(=O)NCC1(C)CC(N)CC(C)(C)C1)(COC(=O)C=C)COC(=O)C=C. The molecule has 2 atom stereocenters. The summed E-state index contributed by atoms with van der Waals surface area (Å²) in [5.41, 5.74) is 2.33. The Morgan fingerprint density at radius 2 is 1.06 bits per heavy atom. The number of hydrogen-bond donors (Lipinski definition) is 2. The fourth-order valence-electron chi connectivity index (χ4n) is 5.66. The number of esters is 5. The van der Waals surface area contributed by atoms with Crippen LogP contribution >= 0.6 is 0 Å². The zero-order valence-electron chi connectivity index (χ0n) is 29.2. The molecule has 0 aromatic rings. The van der Waals surface area contributed by atoms with Crippen LogP contribution < -0.4 is 11.1 Å². The molecule has 2 unspecified atom stereocenters. The van der Waals surface area contributed by atoms with Gasteiger partial charge >= 0.3 is 35.9 Å². The van der Waals surface area contributed by atoms with Crippen LogP contribution in [0.1, 0.15) is 40.0 Å². The van der Waals surface area contributed by atoms with E-state index in [4.69, 9.17) is 38.9 Å². The Kier molecular flexibility index (Phi) is 17.3. The molecule has 0 aliphatic heterocycles. The van der Waals surface area contributed by atoms with E-state index in [1.54, 1.807) is 0 Å². The normalized spacial score (nSPS) is 18.2. The summed E-state index contributed by atoms with van der Waals surface area (Å²) in [7, 11) is 0. The summed E-state index contributed by atoms with van der Waals surface area (Å²) in [5.74, 6) is -4.33. The minimum atomic E-state index is -1.98. The van der Waals surface area contributed by atoms with Crippen molar-refractivity contribution in [1.29, 1.82) is 0 Å². The quantitative estimate of drug-likeness (QED) is 0.0944. The highest BCUT2D eigenvalue weighted by Gasteiger charge is 2.44. The first kappa shape index (κ1) is 43.3. The highest BCUT2D eigenvalue weighted by molar-refractivity contribution is 5.83. The first-order chi connectivity index (χ1) is 23.4. The van der Waals surface area contributed by atoms with E-state index in [1.807, 2.05) is 6.92 Å². The molecule has 1 rings (SSSR count). The van der Waals surface area contributed by atoms with Crippen molar-refractivity contribution in [1.82, 2.24) is 5.32 Å². The van der Waals surface area contributed by atoms with E-state index >= 15 is 0 Å². The summed E-state index contributed by atoms with van der Waals surface area (Å²) < 4.78 is 37.8. The zero-order chi connectivity index (χ0) is 38.0. The van der Waals surface area contributed by atoms with Crippen LogP contribution in [0.4, 0.5) is 4.79 Å². The molecule has 0 aromatic carbocycles. The largest absolute Gasteiger partial charge is 0.462 e. The Balaban J connectivity index is 3.45. The van der Waals surface area contributed by atoms with Gasteiger partial charge in [-0.3, -0.25) is 0 Å². The second kappa shape index (κ2) is 20.0. The van der Waals surface area contributed by atoms with Gasteiger partial charge in [-0.15, -0.1) is 0 Å². The Hall–Kier alpha value is -4.76. The summed E-state index contributed by atoms with van der Waals surface area (Å²) in [6, 6.07) is -0.0757. The first-order valence-corrected chi connectivity index (χ1v) is 15.7. The molecule has 0 heterocycles. The Labute approximate surface area is 292 Å². The van der Waals surface area contributed by atoms with E-state index in [0.29, 0.717) is 6.42 Å². The zero-order valence-corrected chi connectivity index (χ0v) is 29.2. The summed E-state index contributed by atoms with van der Waals surface area (Å²) in [6.45, 7) is 19.1. The van der Waals surface area contributed by atoms with E-state index in [1.165, 1.54) is 0 Å². The number of hydrogen-bond acceptors (Lipinski definition) is 14. The molecule has 1 aliphatic rings. The molecule has 1 aliphatic carbocycles. The fourth-order valence-corrected chi connectivity index (χ4v) is 5.66. The van der Waals surface area contributed by atoms with Crippen molar-refractivity contribution < 1.29 is 61.9 Å². The van der Waals surface area contributed by atoms with Crippen molar-refractivity contribution >= 4 is 35.9 Å². The average Bonchev–Trinajstić information content (AvgIpc) is 3.07. The third-order valence-corrected chi connectivity index (χ3v) is 7.57. The van der Waals surface area contributed by atoms with Crippen LogP contribution in [0.25, 0.3) is 0 Å². The van der Waals surface area contributed by atoms with Gasteiger partial charge < -0.3 is 44.2 Å². The Morgan fingerprint density at radius 3 is 1.44 bits per heavy atom. The molecule has 0 spiro atoms. The number of ether oxygens (including phenoxy) is 7. The lowest BCUT2D eigenvalue weighted by Gasteiger charge is -2.45. The molecular weight excluding hydrogens is 656 g/mol. The van der Waals surface area contributed by atoms with E-state index in [2.05, 4.69) is 52.1 Å². The fraction of sp³-hybridized carbons (Fsp3) is 0.543. The number of alkyl carbamates (subject to hydrolysis) is 1.